The fraction of sp³-hybridized carbons (Fsp3) is 0.269. The first-order valence-corrected chi connectivity index (χ1v) is 11.6. The van der Waals surface area contributed by atoms with Crippen LogP contribution < -0.4 is 10.6 Å². The molecule has 4 aromatic rings. The number of carbonyl (C=O) groups excluding carboxylic acids is 1. The van der Waals surface area contributed by atoms with Crippen molar-refractivity contribution in [2.75, 3.05) is 5.32 Å². The Balaban J connectivity index is 1.34. The molecule has 0 radical (unpaired) electrons. The lowest BCUT2D eigenvalue weighted by Crippen LogP contribution is -2.36. The molecule has 180 valence electrons. The SMILES string of the molecule is O=C(NC1CCCCC1)c1ccc(Nc2nc3c(-c4cccc(C(F)(F)F)c4)cccn3n2)cc1. The fourth-order valence-corrected chi connectivity index (χ4v) is 4.40. The minimum atomic E-state index is -4.43. The fourth-order valence-electron chi connectivity index (χ4n) is 4.40. The summed E-state index contributed by atoms with van der Waals surface area (Å²) in [5.74, 6) is 0.212. The second kappa shape index (κ2) is 9.40. The van der Waals surface area contributed by atoms with Crippen LogP contribution in [0.2, 0.25) is 0 Å². The highest BCUT2D eigenvalue weighted by Crippen LogP contribution is 2.33. The summed E-state index contributed by atoms with van der Waals surface area (Å²) in [4.78, 5) is 17.0. The maximum atomic E-state index is 13.2. The third-order valence-corrected chi connectivity index (χ3v) is 6.21. The van der Waals surface area contributed by atoms with Crippen molar-refractivity contribution in [3.05, 3.63) is 78.0 Å². The molecule has 1 aliphatic carbocycles. The van der Waals surface area contributed by atoms with E-state index < -0.39 is 11.7 Å². The number of fused-ring (bicyclic) bond motifs is 1. The molecular weight excluding hydrogens is 455 g/mol. The highest BCUT2D eigenvalue weighted by molar-refractivity contribution is 5.94. The molecule has 6 nitrogen and oxygen atoms in total. The van der Waals surface area contributed by atoms with Gasteiger partial charge in [-0.1, -0.05) is 31.4 Å². The number of nitrogens with zero attached hydrogens (tertiary/aromatic N) is 3. The maximum absolute atomic E-state index is 13.2. The van der Waals surface area contributed by atoms with E-state index in [1.165, 1.54) is 17.0 Å². The summed E-state index contributed by atoms with van der Waals surface area (Å²) < 4.78 is 41.0. The van der Waals surface area contributed by atoms with Crippen molar-refractivity contribution in [2.45, 2.75) is 44.3 Å². The number of anilines is 2. The summed E-state index contributed by atoms with van der Waals surface area (Å²) in [6.45, 7) is 0. The van der Waals surface area contributed by atoms with Crippen molar-refractivity contribution in [1.82, 2.24) is 19.9 Å². The van der Waals surface area contributed by atoms with Gasteiger partial charge in [-0.15, -0.1) is 5.10 Å². The van der Waals surface area contributed by atoms with Crippen molar-refractivity contribution in [2.24, 2.45) is 0 Å². The smallest absolute Gasteiger partial charge is 0.349 e. The molecule has 9 heteroatoms. The van der Waals surface area contributed by atoms with Crippen LogP contribution in [-0.4, -0.2) is 26.5 Å². The van der Waals surface area contributed by atoms with Crippen LogP contribution in [0.1, 0.15) is 48.0 Å². The predicted molar refractivity (Wildman–Crippen MR) is 127 cm³/mol. The molecule has 1 saturated carbocycles. The zero-order chi connectivity index (χ0) is 24.4. The Morgan fingerprint density at radius 1 is 0.971 bits per heavy atom. The minimum absolute atomic E-state index is 0.0833. The molecule has 0 saturated heterocycles. The number of halogens is 3. The van der Waals surface area contributed by atoms with Gasteiger partial charge < -0.3 is 10.6 Å². The van der Waals surface area contributed by atoms with Gasteiger partial charge in [0.2, 0.25) is 5.95 Å². The quantitative estimate of drug-likeness (QED) is 0.356. The van der Waals surface area contributed by atoms with Crippen LogP contribution in [-0.2, 0) is 6.18 Å². The molecule has 1 fully saturated rings. The summed E-state index contributed by atoms with van der Waals surface area (Å²) in [6.07, 6.45) is 2.82. The number of pyridine rings is 1. The van der Waals surface area contributed by atoms with Gasteiger partial charge in [0.15, 0.2) is 5.65 Å². The van der Waals surface area contributed by atoms with Gasteiger partial charge in [0.25, 0.3) is 5.91 Å². The van der Waals surface area contributed by atoms with Crippen LogP contribution in [0.5, 0.6) is 0 Å². The molecule has 35 heavy (non-hydrogen) atoms. The summed E-state index contributed by atoms with van der Waals surface area (Å²) in [5, 5.41) is 10.6. The van der Waals surface area contributed by atoms with Crippen molar-refractivity contribution in [3.8, 4) is 11.1 Å². The highest BCUT2D eigenvalue weighted by Gasteiger charge is 2.30. The zero-order valence-corrected chi connectivity index (χ0v) is 18.8. The Labute approximate surface area is 200 Å². The molecule has 0 unspecified atom stereocenters. The highest BCUT2D eigenvalue weighted by atomic mass is 19.4. The summed E-state index contributed by atoms with van der Waals surface area (Å²) >= 11 is 0. The second-order valence-electron chi connectivity index (χ2n) is 8.71. The summed E-state index contributed by atoms with van der Waals surface area (Å²) in [7, 11) is 0. The van der Waals surface area contributed by atoms with Crippen molar-refractivity contribution < 1.29 is 18.0 Å². The van der Waals surface area contributed by atoms with Crippen molar-refractivity contribution in [3.63, 3.8) is 0 Å². The van der Waals surface area contributed by atoms with E-state index in [1.807, 2.05) is 0 Å². The summed E-state index contributed by atoms with van der Waals surface area (Å²) in [5.41, 5.74) is 1.92. The van der Waals surface area contributed by atoms with E-state index in [-0.39, 0.29) is 11.9 Å². The van der Waals surface area contributed by atoms with Crippen LogP contribution in [0.3, 0.4) is 0 Å². The second-order valence-corrected chi connectivity index (χ2v) is 8.71. The average Bonchev–Trinajstić information content (AvgIpc) is 3.27. The van der Waals surface area contributed by atoms with E-state index in [1.54, 1.807) is 48.7 Å². The van der Waals surface area contributed by atoms with Crippen molar-refractivity contribution in [1.29, 1.82) is 0 Å². The maximum Gasteiger partial charge on any atom is 0.416 e. The topological polar surface area (TPSA) is 71.3 Å². The Morgan fingerprint density at radius 2 is 1.74 bits per heavy atom. The van der Waals surface area contributed by atoms with E-state index in [4.69, 9.17) is 0 Å². The molecule has 2 heterocycles. The van der Waals surface area contributed by atoms with Gasteiger partial charge in [0.05, 0.1) is 5.56 Å². The molecule has 0 spiro atoms. The molecule has 2 N–H and O–H groups in total. The molecule has 0 aliphatic heterocycles. The molecule has 0 atom stereocenters. The normalized spacial score (nSPS) is 14.7. The Kier molecular flexibility index (Phi) is 6.15. The molecule has 0 bridgehead atoms. The Hall–Kier alpha value is -3.88. The minimum Gasteiger partial charge on any atom is -0.349 e. The van der Waals surface area contributed by atoms with Gasteiger partial charge >= 0.3 is 6.18 Å². The third kappa shape index (κ3) is 5.13. The lowest BCUT2D eigenvalue weighted by Gasteiger charge is -2.22. The number of aromatic nitrogens is 3. The Morgan fingerprint density at radius 3 is 2.49 bits per heavy atom. The van der Waals surface area contributed by atoms with Gasteiger partial charge in [-0.2, -0.15) is 18.2 Å². The first-order valence-electron chi connectivity index (χ1n) is 11.6. The van der Waals surface area contributed by atoms with Gasteiger partial charge in [-0.25, -0.2) is 4.52 Å². The molecule has 5 rings (SSSR count). The van der Waals surface area contributed by atoms with E-state index in [0.29, 0.717) is 34.0 Å². The number of benzene rings is 2. The monoisotopic (exact) mass is 479 g/mol. The van der Waals surface area contributed by atoms with Gasteiger partial charge in [-0.3, -0.25) is 4.79 Å². The number of hydrogen-bond donors (Lipinski definition) is 2. The number of rotatable bonds is 5. The molecular formula is C26H24F3N5O. The summed E-state index contributed by atoms with van der Waals surface area (Å²) in [6, 6.07) is 15.8. The lowest BCUT2D eigenvalue weighted by molar-refractivity contribution is -0.137. The lowest BCUT2D eigenvalue weighted by atomic mass is 9.95. The number of nitrogens with one attached hydrogen (secondary N) is 2. The molecule has 2 aromatic heterocycles. The molecule has 2 aromatic carbocycles. The first kappa shape index (κ1) is 22.9. The predicted octanol–water partition coefficient (Wildman–Crippen LogP) is 6.22. The number of alkyl halides is 3. The van der Waals surface area contributed by atoms with Gasteiger partial charge in [0, 0.05) is 29.1 Å². The van der Waals surface area contributed by atoms with Gasteiger partial charge in [0.1, 0.15) is 0 Å². The van der Waals surface area contributed by atoms with Crippen LogP contribution in [0.4, 0.5) is 24.8 Å². The van der Waals surface area contributed by atoms with Crippen LogP contribution >= 0.6 is 0 Å². The number of amides is 1. The standard InChI is InChI=1S/C26H24F3N5O/c27-26(28,29)19-7-4-6-18(16-19)22-10-5-15-34-23(22)32-25(33-34)31-21-13-11-17(12-14-21)24(35)30-20-8-2-1-3-9-20/h4-7,10-16,20H,1-3,8-9H2,(H,30,35)(H,31,33). The first-order chi connectivity index (χ1) is 16.9. The van der Waals surface area contributed by atoms with Crippen LogP contribution in [0.25, 0.3) is 16.8 Å². The average molecular weight is 480 g/mol. The molecule has 1 aliphatic rings. The van der Waals surface area contributed by atoms with Gasteiger partial charge in [-0.05, 0) is 66.9 Å². The third-order valence-electron chi connectivity index (χ3n) is 6.21. The van der Waals surface area contributed by atoms with E-state index in [0.717, 1.165) is 37.8 Å². The number of carbonyl (C=O) groups is 1. The van der Waals surface area contributed by atoms with E-state index in [2.05, 4.69) is 20.7 Å². The van der Waals surface area contributed by atoms with E-state index in [9.17, 15) is 18.0 Å². The van der Waals surface area contributed by atoms with E-state index >= 15 is 0 Å². The zero-order valence-electron chi connectivity index (χ0n) is 18.8. The Bertz CT molecular complexity index is 1340. The molecule has 1 amide bonds. The van der Waals surface area contributed by atoms with Crippen LogP contribution in [0, 0.1) is 0 Å². The van der Waals surface area contributed by atoms with Crippen molar-refractivity contribution >= 4 is 23.2 Å². The largest absolute Gasteiger partial charge is 0.416 e. The number of hydrogen-bond acceptors (Lipinski definition) is 4. The van der Waals surface area contributed by atoms with Crippen LogP contribution in [0.15, 0.2) is 66.9 Å².